The van der Waals surface area contributed by atoms with Gasteiger partial charge in [0, 0.05) is 5.70 Å². The van der Waals surface area contributed by atoms with Crippen LogP contribution in [0.5, 0.6) is 0 Å². The molecule has 1 amide bonds. The maximum absolute atomic E-state index is 13.7. The zero-order valence-electron chi connectivity index (χ0n) is 14.7. The number of hydrogen-bond acceptors (Lipinski definition) is 6. The summed E-state index contributed by atoms with van der Waals surface area (Å²) in [6.45, 7) is 1.20. The van der Waals surface area contributed by atoms with E-state index < -0.39 is 30.2 Å². The van der Waals surface area contributed by atoms with Gasteiger partial charge in [-0.05, 0) is 12.5 Å². The number of carbonyl (C=O) groups is 1. The van der Waals surface area contributed by atoms with Crippen LogP contribution in [0.2, 0.25) is 0 Å². The number of aliphatic hydroxyl groups is 1. The summed E-state index contributed by atoms with van der Waals surface area (Å²) >= 11 is 0. The van der Waals surface area contributed by atoms with E-state index in [-0.39, 0.29) is 23.8 Å². The number of oxazole rings is 1. The van der Waals surface area contributed by atoms with Crippen LogP contribution < -0.4 is 10.7 Å². The van der Waals surface area contributed by atoms with Crippen LogP contribution in [0.1, 0.15) is 30.0 Å². The summed E-state index contributed by atoms with van der Waals surface area (Å²) in [5.74, 6) is -1.79. The maximum Gasteiger partial charge on any atom is 0.406 e. The molecule has 1 saturated heterocycles. The highest BCUT2D eigenvalue weighted by Gasteiger charge is 2.58. The molecule has 1 aromatic carbocycles. The van der Waals surface area contributed by atoms with Gasteiger partial charge in [0.2, 0.25) is 5.89 Å². The van der Waals surface area contributed by atoms with E-state index in [0.717, 1.165) is 5.01 Å². The van der Waals surface area contributed by atoms with Gasteiger partial charge in [-0.2, -0.15) is 13.2 Å². The van der Waals surface area contributed by atoms with E-state index in [1.807, 2.05) is 0 Å². The van der Waals surface area contributed by atoms with Crippen molar-refractivity contribution in [3.05, 3.63) is 59.4 Å². The standard InChI is InChI=1S/C18H17F3N4O3/c1-9-12(16-23-11(7-26)8-28-16)17(27)25-15(22-9)13(10-5-3-2-4-6-10)14(24-25)18(19,20)21/h2-6,8,13-15,22,24,26H,7H2,1H3. The molecule has 2 aliphatic rings. The van der Waals surface area contributed by atoms with Crippen molar-refractivity contribution in [2.24, 2.45) is 0 Å². The van der Waals surface area contributed by atoms with Crippen LogP contribution in [0.3, 0.4) is 0 Å². The Morgan fingerprint density at radius 1 is 1.29 bits per heavy atom. The van der Waals surface area contributed by atoms with Crippen LogP contribution in [-0.2, 0) is 11.4 Å². The average molecular weight is 394 g/mol. The minimum absolute atomic E-state index is 0.0121. The van der Waals surface area contributed by atoms with Gasteiger partial charge in [-0.3, -0.25) is 4.79 Å². The smallest absolute Gasteiger partial charge is 0.406 e. The molecule has 3 unspecified atom stereocenters. The molecule has 28 heavy (non-hydrogen) atoms. The molecule has 148 valence electrons. The van der Waals surface area contributed by atoms with E-state index in [9.17, 15) is 18.0 Å². The number of carbonyl (C=O) groups excluding carboxylic acids is 1. The van der Waals surface area contributed by atoms with Gasteiger partial charge in [0.05, 0.1) is 12.5 Å². The van der Waals surface area contributed by atoms with E-state index in [0.29, 0.717) is 11.3 Å². The fourth-order valence-corrected chi connectivity index (χ4v) is 3.64. The quantitative estimate of drug-likeness (QED) is 0.737. The molecule has 7 nitrogen and oxygen atoms in total. The number of allylic oxidation sites excluding steroid dienone is 1. The predicted molar refractivity (Wildman–Crippen MR) is 91.0 cm³/mol. The SMILES string of the molecule is CC1=C(c2nc(CO)co2)C(=O)N2NC(C(F)(F)F)C(c3ccccc3)C2N1. The molecule has 0 aliphatic carbocycles. The molecule has 3 N–H and O–H groups in total. The molecular formula is C18H17F3N4O3. The Bertz CT molecular complexity index is 926. The number of alkyl halides is 3. The first-order valence-electron chi connectivity index (χ1n) is 8.55. The van der Waals surface area contributed by atoms with Crippen molar-refractivity contribution in [3.8, 4) is 0 Å². The largest absolute Gasteiger partial charge is 0.444 e. The average Bonchev–Trinajstić information content (AvgIpc) is 3.27. The molecule has 0 bridgehead atoms. The molecule has 2 aliphatic heterocycles. The van der Waals surface area contributed by atoms with Crippen LogP contribution in [0.4, 0.5) is 13.2 Å². The van der Waals surface area contributed by atoms with Crippen LogP contribution in [0.25, 0.3) is 5.57 Å². The lowest BCUT2D eigenvalue weighted by molar-refractivity contribution is -0.161. The highest BCUT2D eigenvalue weighted by molar-refractivity contribution is 6.19. The normalized spacial score (nSPS) is 25.1. The number of aromatic nitrogens is 1. The molecule has 3 heterocycles. The Balaban J connectivity index is 1.75. The molecule has 4 rings (SSSR count). The second-order valence-corrected chi connectivity index (χ2v) is 6.65. The van der Waals surface area contributed by atoms with Crippen molar-refractivity contribution in [3.63, 3.8) is 0 Å². The van der Waals surface area contributed by atoms with Crippen molar-refractivity contribution in [1.29, 1.82) is 0 Å². The van der Waals surface area contributed by atoms with E-state index >= 15 is 0 Å². The minimum atomic E-state index is -4.57. The summed E-state index contributed by atoms with van der Waals surface area (Å²) in [5, 5.41) is 13.1. The second-order valence-electron chi connectivity index (χ2n) is 6.65. The van der Waals surface area contributed by atoms with Gasteiger partial charge < -0.3 is 14.8 Å². The topological polar surface area (TPSA) is 90.6 Å². The first-order chi connectivity index (χ1) is 13.3. The summed E-state index contributed by atoms with van der Waals surface area (Å²) in [7, 11) is 0. The van der Waals surface area contributed by atoms with Gasteiger partial charge >= 0.3 is 6.18 Å². The summed E-state index contributed by atoms with van der Waals surface area (Å²) in [5.41, 5.74) is 3.35. The number of hydrazine groups is 1. The van der Waals surface area contributed by atoms with Crippen molar-refractivity contribution >= 4 is 11.5 Å². The van der Waals surface area contributed by atoms with Crippen molar-refractivity contribution in [2.45, 2.75) is 37.8 Å². The molecule has 0 saturated carbocycles. The number of halogens is 3. The van der Waals surface area contributed by atoms with Crippen LogP contribution in [0.15, 0.2) is 46.7 Å². The lowest BCUT2D eigenvalue weighted by Gasteiger charge is -2.34. The van der Waals surface area contributed by atoms with Gasteiger partial charge in [0.15, 0.2) is 0 Å². The third kappa shape index (κ3) is 2.94. The Morgan fingerprint density at radius 2 is 2.00 bits per heavy atom. The number of amides is 1. The lowest BCUT2D eigenvalue weighted by Crippen LogP contribution is -2.54. The zero-order chi connectivity index (χ0) is 20.1. The minimum Gasteiger partial charge on any atom is -0.444 e. The Labute approximate surface area is 157 Å². The van der Waals surface area contributed by atoms with Crippen LogP contribution in [-0.4, -0.2) is 39.4 Å². The van der Waals surface area contributed by atoms with E-state index in [2.05, 4.69) is 15.7 Å². The Hall–Kier alpha value is -2.85. The first kappa shape index (κ1) is 18.5. The maximum atomic E-state index is 13.7. The number of benzene rings is 1. The van der Waals surface area contributed by atoms with Crippen molar-refractivity contribution < 1.29 is 27.5 Å². The lowest BCUT2D eigenvalue weighted by atomic mass is 9.89. The summed E-state index contributed by atoms with van der Waals surface area (Å²) in [4.78, 5) is 17.0. The van der Waals surface area contributed by atoms with Crippen LogP contribution >= 0.6 is 0 Å². The third-order valence-electron chi connectivity index (χ3n) is 4.89. The van der Waals surface area contributed by atoms with Crippen LogP contribution in [0, 0.1) is 0 Å². The van der Waals surface area contributed by atoms with Gasteiger partial charge in [0.25, 0.3) is 5.91 Å². The summed E-state index contributed by atoms with van der Waals surface area (Å²) in [6.07, 6.45) is -4.31. The molecule has 0 radical (unpaired) electrons. The molecule has 0 spiro atoms. The van der Waals surface area contributed by atoms with Gasteiger partial charge in [0.1, 0.15) is 29.7 Å². The third-order valence-corrected chi connectivity index (χ3v) is 4.89. The Morgan fingerprint density at radius 3 is 2.61 bits per heavy atom. The molecule has 2 aromatic rings. The summed E-state index contributed by atoms with van der Waals surface area (Å²) < 4.78 is 46.4. The second kappa shape index (κ2) is 6.64. The fourth-order valence-electron chi connectivity index (χ4n) is 3.64. The molecule has 1 fully saturated rings. The molecule has 10 heteroatoms. The molecule has 3 atom stereocenters. The highest BCUT2D eigenvalue weighted by Crippen LogP contribution is 2.42. The number of rotatable bonds is 3. The number of nitrogens with one attached hydrogen (secondary N) is 2. The first-order valence-corrected chi connectivity index (χ1v) is 8.55. The van der Waals surface area contributed by atoms with Gasteiger partial charge in [-0.1, -0.05) is 30.3 Å². The van der Waals surface area contributed by atoms with Gasteiger partial charge in [-0.25, -0.2) is 15.4 Å². The zero-order valence-corrected chi connectivity index (χ0v) is 14.7. The number of aliphatic hydroxyl groups excluding tert-OH is 1. The van der Waals surface area contributed by atoms with E-state index in [4.69, 9.17) is 9.52 Å². The molecule has 1 aromatic heterocycles. The number of hydrogen-bond donors (Lipinski definition) is 3. The number of nitrogens with zero attached hydrogens (tertiary/aromatic N) is 2. The fraction of sp³-hybridized carbons (Fsp3) is 0.333. The Kier molecular flexibility index (Phi) is 4.39. The highest BCUT2D eigenvalue weighted by atomic mass is 19.4. The van der Waals surface area contributed by atoms with Crippen molar-refractivity contribution in [1.82, 2.24) is 20.7 Å². The van der Waals surface area contributed by atoms with E-state index in [1.165, 1.54) is 6.26 Å². The molecular weight excluding hydrogens is 377 g/mol. The number of fused-ring (bicyclic) bond motifs is 1. The monoisotopic (exact) mass is 394 g/mol. The predicted octanol–water partition coefficient (Wildman–Crippen LogP) is 1.89. The van der Waals surface area contributed by atoms with Gasteiger partial charge in [-0.15, -0.1) is 0 Å². The van der Waals surface area contributed by atoms with Crippen molar-refractivity contribution in [2.75, 3.05) is 0 Å². The summed E-state index contributed by atoms with van der Waals surface area (Å²) in [6, 6.07) is 6.31. The van der Waals surface area contributed by atoms with E-state index in [1.54, 1.807) is 37.3 Å².